The molecule has 2 aromatic rings. The SMILES string of the molecule is O=CCC(c1ccc(F)cc1)c1ccc(F)cc1. The normalized spacial score (nSPS) is 10.6. The van der Waals surface area contributed by atoms with Gasteiger partial charge in [-0.25, -0.2) is 8.78 Å². The Bertz CT molecular complexity index is 472. The summed E-state index contributed by atoms with van der Waals surface area (Å²) in [5.74, 6) is -0.797. The molecule has 0 amide bonds. The molecule has 0 bridgehead atoms. The zero-order valence-corrected chi connectivity index (χ0v) is 9.64. The number of hydrogen-bond donors (Lipinski definition) is 0. The molecule has 92 valence electrons. The quantitative estimate of drug-likeness (QED) is 0.752. The number of aldehydes is 1. The molecule has 0 saturated heterocycles. The van der Waals surface area contributed by atoms with Gasteiger partial charge in [0.25, 0.3) is 0 Å². The molecule has 3 heteroatoms. The smallest absolute Gasteiger partial charge is 0.123 e. The molecule has 0 heterocycles. The topological polar surface area (TPSA) is 17.1 Å². The van der Waals surface area contributed by atoms with Gasteiger partial charge >= 0.3 is 0 Å². The summed E-state index contributed by atoms with van der Waals surface area (Å²) in [6.45, 7) is 0. The highest BCUT2D eigenvalue weighted by atomic mass is 19.1. The van der Waals surface area contributed by atoms with Gasteiger partial charge < -0.3 is 4.79 Å². The van der Waals surface area contributed by atoms with E-state index in [2.05, 4.69) is 0 Å². The molecule has 18 heavy (non-hydrogen) atoms. The maximum absolute atomic E-state index is 12.9. The summed E-state index contributed by atoms with van der Waals surface area (Å²) in [5, 5.41) is 0. The van der Waals surface area contributed by atoms with Gasteiger partial charge in [-0.3, -0.25) is 0 Å². The summed E-state index contributed by atoms with van der Waals surface area (Å²) in [6.07, 6.45) is 1.11. The van der Waals surface area contributed by atoms with Crippen LogP contribution in [-0.4, -0.2) is 6.29 Å². The summed E-state index contributed by atoms with van der Waals surface area (Å²) in [7, 11) is 0. The molecule has 0 unspecified atom stereocenters. The van der Waals surface area contributed by atoms with E-state index < -0.39 is 0 Å². The molecule has 0 N–H and O–H groups in total. The van der Waals surface area contributed by atoms with Gasteiger partial charge in [0.05, 0.1) is 0 Å². The monoisotopic (exact) mass is 246 g/mol. The Balaban J connectivity index is 2.35. The molecular weight excluding hydrogens is 234 g/mol. The van der Waals surface area contributed by atoms with Gasteiger partial charge in [0, 0.05) is 12.3 Å². The number of rotatable bonds is 4. The van der Waals surface area contributed by atoms with Crippen LogP contribution in [0.25, 0.3) is 0 Å². The minimum Gasteiger partial charge on any atom is -0.303 e. The molecule has 0 aliphatic heterocycles. The van der Waals surface area contributed by atoms with Crippen molar-refractivity contribution in [3.05, 3.63) is 71.3 Å². The Labute approximate surface area is 104 Å². The Morgan fingerprint density at radius 3 is 1.56 bits per heavy atom. The van der Waals surface area contributed by atoms with E-state index in [1.54, 1.807) is 24.3 Å². The number of carbonyl (C=O) groups excluding carboxylic acids is 1. The fraction of sp³-hybridized carbons (Fsp3) is 0.133. The van der Waals surface area contributed by atoms with Crippen LogP contribution >= 0.6 is 0 Å². The second kappa shape index (κ2) is 5.54. The fourth-order valence-corrected chi connectivity index (χ4v) is 1.95. The Hall–Kier alpha value is -2.03. The van der Waals surface area contributed by atoms with Crippen molar-refractivity contribution in [1.82, 2.24) is 0 Å². The van der Waals surface area contributed by atoms with Crippen molar-refractivity contribution in [2.24, 2.45) is 0 Å². The first-order valence-corrected chi connectivity index (χ1v) is 5.65. The van der Waals surface area contributed by atoms with Crippen LogP contribution in [0.5, 0.6) is 0 Å². The van der Waals surface area contributed by atoms with E-state index in [1.165, 1.54) is 24.3 Å². The minimum atomic E-state index is -0.317. The maximum Gasteiger partial charge on any atom is 0.123 e. The van der Waals surface area contributed by atoms with E-state index >= 15 is 0 Å². The Kier molecular flexibility index (Phi) is 3.82. The zero-order valence-electron chi connectivity index (χ0n) is 9.64. The first-order valence-electron chi connectivity index (χ1n) is 5.65. The lowest BCUT2D eigenvalue weighted by Crippen LogP contribution is -2.02. The summed E-state index contributed by atoms with van der Waals surface area (Å²) in [4.78, 5) is 10.7. The van der Waals surface area contributed by atoms with Crippen LogP contribution in [0.15, 0.2) is 48.5 Å². The molecule has 0 aliphatic rings. The predicted molar refractivity (Wildman–Crippen MR) is 65.3 cm³/mol. The lowest BCUT2D eigenvalue weighted by molar-refractivity contribution is -0.108. The zero-order chi connectivity index (χ0) is 13.0. The van der Waals surface area contributed by atoms with E-state index in [4.69, 9.17) is 0 Å². The van der Waals surface area contributed by atoms with Gasteiger partial charge in [-0.15, -0.1) is 0 Å². The van der Waals surface area contributed by atoms with Crippen molar-refractivity contribution in [1.29, 1.82) is 0 Å². The number of benzene rings is 2. The van der Waals surface area contributed by atoms with Crippen LogP contribution < -0.4 is 0 Å². The van der Waals surface area contributed by atoms with E-state index in [0.29, 0.717) is 0 Å². The molecule has 0 aliphatic carbocycles. The third kappa shape index (κ3) is 2.80. The van der Waals surface area contributed by atoms with Crippen LogP contribution in [0.1, 0.15) is 23.5 Å². The summed E-state index contributed by atoms with van der Waals surface area (Å²) in [6, 6.07) is 12.0. The van der Waals surface area contributed by atoms with Crippen LogP contribution in [0, 0.1) is 11.6 Å². The summed E-state index contributed by atoms with van der Waals surface area (Å²) >= 11 is 0. The van der Waals surface area contributed by atoms with Gasteiger partial charge in [0.1, 0.15) is 17.9 Å². The van der Waals surface area contributed by atoms with E-state index in [1.807, 2.05) is 0 Å². The van der Waals surface area contributed by atoms with Gasteiger partial charge in [0.15, 0.2) is 0 Å². The third-order valence-electron chi connectivity index (χ3n) is 2.88. The van der Waals surface area contributed by atoms with Crippen LogP contribution in [-0.2, 0) is 4.79 Å². The third-order valence-corrected chi connectivity index (χ3v) is 2.88. The van der Waals surface area contributed by atoms with Gasteiger partial charge in [-0.05, 0) is 35.4 Å². The first-order chi connectivity index (χ1) is 8.70. The van der Waals surface area contributed by atoms with Gasteiger partial charge in [-0.1, -0.05) is 24.3 Å². The highest BCUT2D eigenvalue weighted by Gasteiger charge is 2.13. The molecule has 0 atom stereocenters. The highest BCUT2D eigenvalue weighted by Crippen LogP contribution is 2.27. The van der Waals surface area contributed by atoms with E-state index in [9.17, 15) is 13.6 Å². The standard InChI is InChI=1S/C15H12F2O/c16-13-5-1-11(2-6-13)15(9-10-18)12-3-7-14(17)8-4-12/h1-8,10,15H,9H2. The highest BCUT2D eigenvalue weighted by molar-refractivity contribution is 5.54. The number of hydrogen-bond acceptors (Lipinski definition) is 1. The second-order valence-corrected chi connectivity index (χ2v) is 4.06. The van der Waals surface area contributed by atoms with Crippen LogP contribution in [0.4, 0.5) is 8.78 Å². The van der Waals surface area contributed by atoms with Crippen molar-refractivity contribution in [2.45, 2.75) is 12.3 Å². The largest absolute Gasteiger partial charge is 0.303 e. The molecule has 0 spiro atoms. The first kappa shape index (κ1) is 12.4. The lowest BCUT2D eigenvalue weighted by Gasteiger charge is -2.15. The van der Waals surface area contributed by atoms with Crippen LogP contribution in [0.3, 0.4) is 0 Å². The predicted octanol–water partition coefficient (Wildman–Crippen LogP) is 3.69. The molecule has 0 fully saturated rings. The summed E-state index contributed by atoms with van der Waals surface area (Å²) < 4.78 is 25.7. The summed E-state index contributed by atoms with van der Waals surface area (Å²) in [5.41, 5.74) is 1.69. The molecule has 0 radical (unpaired) electrons. The minimum absolute atomic E-state index is 0.163. The molecule has 1 nitrogen and oxygen atoms in total. The van der Waals surface area contributed by atoms with Crippen molar-refractivity contribution in [2.75, 3.05) is 0 Å². The van der Waals surface area contributed by atoms with Crippen LogP contribution in [0.2, 0.25) is 0 Å². The van der Waals surface area contributed by atoms with E-state index in [0.717, 1.165) is 17.4 Å². The molecular formula is C15H12F2O. The lowest BCUT2D eigenvalue weighted by atomic mass is 9.89. The molecule has 2 aromatic carbocycles. The Morgan fingerprint density at radius 1 is 0.833 bits per heavy atom. The molecule has 0 saturated carbocycles. The number of carbonyl (C=O) groups is 1. The van der Waals surface area contributed by atoms with Crippen molar-refractivity contribution in [3.63, 3.8) is 0 Å². The average Bonchev–Trinajstić information content (AvgIpc) is 2.39. The van der Waals surface area contributed by atoms with Crippen molar-refractivity contribution >= 4 is 6.29 Å². The second-order valence-electron chi connectivity index (χ2n) is 4.06. The Morgan fingerprint density at radius 2 is 1.22 bits per heavy atom. The maximum atomic E-state index is 12.9. The van der Waals surface area contributed by atoms with Crippen molar-refractivity contribution < 1.29 is 13.6 Å². The molecule has 0 aromatic heterocycles. The number of halogens is 2. The fourth-order valence-electron chi connectivity index (χ4n) is 1.95. The van der Waals surface area contributed by atoms with E-state index in [-0.39, 0.29) is 24.0 Å². The molecule has 2 rings (SSSR count). The van der Waals surface area contributed by atoms with Crippen molar-refractivity contribution in [3.8, 4) is 0 Å². The average molecular weight is 246 g/mol. The van der Waals surface area contributed by atoms with Gasteiger partial charge in [-0.2, -0.15) is 0 Å². The van der Waals surface area contributed by atoms with Gasteiger partial charge in [0.2, 0.25) is 0 Å².